The average molecular weight is 287 g/mol. The third-order valence-corrected chi connectivity index (χ3v) is 4.02. The fraction of sp³-hybridized carbons (Fsp3) is 0.412. The van der Waals surface area contributed by atoms with E-state index < -0.39 is 17.8 Å². The van der Waals surface area contributed by atoms with Crippen molar-refractivity contribution in [3.8, 4) is 0 Å². The Balaban J connectivity index is 2.04. The van der Waals surface area contributed by atoms with Crippen molar-refractivity contribution in [1.29, 1.82) is 0 Å². The van der Waals surface area contributed by atoms with E-state index in [-0.39, 0.29) is 11.9 Å². The van der Waals surface area contributed by atoms with Gasteiger partial charge in [-0.15, -0.1) is 0 Å². The molecule has 0 bridgehead atoms. The van der Waals surface area contributed by atoms with E-state index in [0.29, 0.717) is 12.8 Å². The van der Waals surface area contributed by atoms with E-state index in [9.17, 15) is 14.7 Å². The van der Waals surface area contributed by atoms with Crippen LogP contribution in [0.15, 0.2) is 36.4 Å². The number of allylic oxidation sites excluding steroid dienone is 2. The van der Waals surface area contributed by atoms with Gasteiger partial charge in [-0.2, -0.15) is 0 Å². The molecule has 3 atom stereocenters. The summed E-state index contributed by atoms with van der Waals surface area (Å²) in [7, 11) is 0. The molecule has 0 fully saturated rings. The molecule has 1 aliphatic rings. The van der Waals surface area contributed by atoms with Gasteiger partial charge in [0.15, 0.2) is 0 Å². The predicted octanol–water partition coefficient (Wildman–Crippen LogP) is 2.84. The Bertz CT molecular complexity index is 548. The van der Waals surface area contributed by atoms with Gasteiger partial charge in [0, 0.05) is 0 Å². The van der Waals surface area contributed by atoms with Gasteiger partial charge in [-0.1, -0.05) is 42.0 Å². The van der Waals surface area contributed by atoms with Crippen molar-refractivity contribution in [3.63, 3.8) is 0 Å². The monoisotopic (exact) mass is 287 g/mol. The van der Waals surface area contributed by atoms with Gasteiger partial charge in [0.25, 0.3) is 0 Å². The number of carbonyl (C=O) groups is 2. The Morgan fingerprint density at radius 1 is 1.14 bits per heavy atom. The van der Waals surface area contributed by atoms with Gasteiger partial charge in [-0.05, 0) is 32.3 Å². The molecule has 21 heavy (non-hydrogen) atoms. The molecule has 0 radical (unpaired) electrons. The molecule has 0 heterocycles. The van der Waals surface area contributed by atoms with Crippen LogP contribution in [-0.2, 0) is 9.59 Å². The maximum Gasteiger partial charge on any atom is 0.307 e. The Labute approximate surface area is 124 Å². The quantitative estimate of drug-likeness (QED) is 0.837. The third kappa shape index (κ3) is 3.72. The van der Waals surface area contributed by atoms with Gasteiger partial charge in [-0.25, -0.2) is 0 Å². The van der Waals surface area contributed by atoms with Crippen LogP contribution in [0.1, 0.15) is 36.9 Å². The van der Waals surface area contributed by atoms with Crippen molar-refractivity contribution in [1.82, 2.24) is 5.32 Å². The predicted molar refractivity (Wildman–Crippen MR) is 80.7 cm³/mol. The lowest BCUT2D eigenvalue weighted by atomic mass is 9.82. The highest BCUT2D eigenvalue weighted by molar-refractivity contribution is 5.85. The van der Waals surface area contributed by atoms with Crippen LogP contribution in [0.4, 0.5) is 0 Å². The number of hydrogen-bond acceptors (Lipinski definition) is 2. The van der Waals surface area contributed by atoms with Crippen LogP contribution in [0.2, 0.25) is 0 Å². The van der Waals surface area contributed by atoms with Gasteiger partial charge in [-0.3, -0.25) is 9.59 Å². The summed E-state index contributed by atoms with van der Waals surface area (Å²) < 4.78 is 0. The summed E-state index contributed by atoms with van der Waals surface area (Å²) in [6.45, 7) is 3.93. The lowest BCUT2D eigenvalue weighted by Gasteiger charge is -2.26. The number of aryl methyl sites for hydroxylation is 1. The zero-order valence-corrected chi connectivity index (χ0v) is 12.4. The lowest BCUT2D eigenvalue weighted by molar-refractivity contribution is -0.147. The first-order chi connectivity index (χ1) is 9.99. The fourth-order valence-corrected chi connectivity index (χ4v) is 2.64. The van der Waals surface area contributed by atoms with Crippen LogP contribution in [-0.4, -0.2) is 17.0 Å². The number of aliphatic carboxylic acids is 1. The number of nitrogens with one attached hydrogen (secondary N) is 1. The topological polar surface area (TPSA) is 66.4 Å². The van der Waals surface area contributed by atoms with E-state index in [1.54, 1.807) is 0 Å². The van der Waals surface area contributed by atoms with Crippen molar-refractivity contribution in [3.05, 3.63) is 47.5 Å². The lowest BCUT2D eigenvalue weighted by Crippen LogP contribution is -2.39. The summed E-state index contributed by atoms with van der Waals surface area (Å²) >= 11 is 0. The molecule has 0 aliphatic heterocycles. The van der Waals surface area contributed by atoms with Crippen LogP contribution in [0.25, 0.3) is 0 Å². The molecule has 0 saturated heterocycles. The van der Waals surface area contributed by atoms with E-state index in [0.717, 1.165) is 5.56 Å². The first kappa shape index (κ1) is 15.3. The standard InChI is InChI=1S/C17H21NO3/c1-11-7-9-13(10-8-11)12(2)18-16(19)14-5-3-4-6-15(14)17(20)21/h3-4,7-10,12,14-15H,5-6H2,1-2H3,(H,18,19)(H,20,21)/t12?,14-,15+/m1/s1. The molecule has 4 heteroatoms. The van der Waals surface area contributed by atoms with Crippen molar-refractivity contribution in [2.45, 2.75) is 32.7 Å². The molecule has 0 spiro atoms. The van der Waals surface area contributed by atoms with Crippen LogP contribution in [0, 0.1) is 18.8 Å². The highest BCUT2D eigenvalue weighted by Gasteiger charge is 2.34. The van der Waals surface area contributed by atoms with Crippen molar-refractivity contribution < 1.29 is 14.7 Å². The molecule has 112 valence electrons. The van der Waals surface area contributed by atoms with Crippen LogP contribution >= 0.6 is 0 Å². The number of carboxylic acid groups (broad SMARTS) is 1. The van der Waals surface area contributed by atoms with E-state index in [1.165, 1.54) is 5.56 Å². The Kier molecular flexibility index (Phi) is 4.78. The van der Waals surface area contributed by atoms with E-state index in [4.69, 9.17) is 0 Å². The molecule has 1 aliphatic carbocycles. The Hall–Kier alpha value is -2.10. The van der Waals surface area contributed by atoms with Crippen molar-refractivity contribution in [2.75, 3.05) is 0 Å². The number of hydrogen-bond donors (Lipinski definition) is 2. The van der Waals surface area contributed by atoms with Gasteiger partial charge in [0.05, 0.1) is 17.9 Å². The second-order valence-electron chi connectivity index (χ2n) is 5.63. The van der Waals surface area contributed by atoms with Gasteiger partial charge >= 0.3 is 5.97 Å². The smallest absolute Gasteiger partial charge is 0.307 e. The van der Waals surface area contributed by atoms with E-state index in [1.807, 2.05) is 50.3 Å². The highest BCUT2D eigenvalue weighted by atomic mass is 16.4. The zero-order chi connectivity index (χ0) is 15.4. The van der Waals surface area contributed by atoms with Crippen LogP contribution in [0.3, 0.4) is 0 Å². The first-order valence-corrected chi connectivity index (χ1v) is 7.23. The second-order valence-corrected chi connectivity index (χ2v) is 5.63. The van der Waals surface area contributed by atoms with Gasteiger partial charge in [0.2, 0.25) is 5.91 Å². The normalized spacial score (nSPS) is 22.6. The molecule has 4 nitrogen and oxygen atoms in total. The largest absolute Gasteiger partial charge is 0.481 e. The zero-order valence-electron chi connectivity index (χ0n) is 12.4. The molecule has 2 N–H and O–H groups in total. The van der Waals surface area contributed by atoms with Crippen molar-refractivity contribution in [2.24, 2.45) is 11.8 Å². The minimum Gasteiger partial charge on any atom is -0.481 e. The molecule has 0 saturated carbocycles. The summed E-state index contributed by atoms with van der Waals surface area (Å²) in [6, 6.07) is 7.84. The van der Waals surface area contributed by atoms with Crippen LogP contribution in [0.5, 0.6) is 0 Å². The maximum atomic E-state index is 12.4. The Morgan fingerprint density at radius 2 is 1.71 bits per heavy atom. The molecular weight excluding hydrogens is 266 g/mol. The molecule has 1 aromatic carbocycles. The number of amides is 1. The van der Waals surface area contributed by atoms with Gasteiger partial charge < -0.3 is 10.4 Å². The highest BCUT2D eigenvalue weighted by Crippen LogP contribution is 2.27. The molecule has 0 aromatic heterocycles. The van der Waals surface area contributed by atoms with Gasteiger partial charge in [0.1, 0.15) is 0 Å². The van der Waals surface area contributed by atoms with Crippen molar-refractivity contribution >= 4 is 11.9 Å². The minimum absolute atomic E-state index is 0.126. The fourth-order valence-electron chi connectivity index (χ4n) is 2.64. The summed E-state index contributed by atoms with van der Waals surface area (Å²) in [4.78, 5) is 23.6. The minimum atomic E-state index is -0.900. The number of carboxylic acids is 1. The molecule has 1 aromatic rings. The molecular formula is C17H21NO3. The summed E-state index contributed by atoms with van der Waals surface area (Å²) in [6.07, 6.45) is 4.64. The second kappa shape index (κ2) is 6.57. The summed E-state index contributed by atoms with van der Waals surface area (Å²) in [5.74, 6) is -2.19. The third-order valence-electron chi connectivity index (χ3n) is 4.02. The first-order valence-electron chi connectivity index (χ1n) is 7.23. The summed E-state index contributed by atoms with van der Waals surface area (Å²) in [5, 5.41) is 12.2. The van der Waals surface area contributed by atoms with Crippen LogP contribution < -0.4 is 5.32 Å². The maximum absolute atomic E-state index is 12.4. The number of rotatable bonds is 4. The summed E-state index contributed by atoms with van der Waals surface area (Å²) in [5.41, 5.74) is 2.19. The van der Waals surface area contributed by atoms with E-state index in [2.05, 4.69) is 5.32 Å². The number of benzene rings is 1. The average Bonchev–Trinajstić information content (AvgIpc) is 2.47. The van der Waals surface area contributed by atoms with E-state index >= 15 is 0 Å². The number of carbonyl (C=O) groups excluding carboxylic acids is 1. The molecule has 1 unspecified atom stereocenters. The molecule has 2 rings (SSSR count). The molecule has 1 amide bonds. The Morgan fingerprint density at radius 3 is 2.29 bits per heavy atom. The SMILES string of the molecule is Cc1ccc(C(C)NC(=O)[C@@H]2CC=CC[C@@H]2C(=O)O)cc1.